The fourth-order valence-electron chi connectivity index (χ4n) is 5.20. The molecule has 5 heterocycles. The van der Waals surface area contributed by atoms with Crippen LogP contribution in [0, 0.1) is 20.8 Å². The van der Waals surface area contributed by atoms with Gasteiger partial charge in [-0.1, -0.05) is 6.07 Å². The summed E-state index contributed by atoms with van der Waals surface area (Å²) < 4.78 is 7.63. The standard InChI is InChI=1S/C27H38N10O2/c1-17-13-22(31-23-14-18(2)33-34-23)32-26(30-17)36-10-8-27(39-5,9-11-36)25(38)29-16-21-6-7-24(28-15-21)37-20(4)12-19(3)35-37/h6-7,12-13,15,18,23,33-34H,8-11,14,16H2,1-5H3,(H,29,38)(H,30,31,32). The highest BCUT2D eigenvalue weighted by Crippen LogP contribution is 2.29. The molecule has 3 aromatic heterocycles. The van der Waals surface area contributed by atoms with E-state index in [2.05, 4.69) is 48.4 Å². The van der Waals surface area contributed by atoms with Crippen molar-refractivity contribution in [2.75, 3.05) is 30.4 Å². The highest BCUT2D eigenvalue weighted by atomic mass is 16.5. The molecule has 1 amide bonds. The molecular weight excluding hydrogens is 496 g/mol. The molecule has 3 aromatic rings. The number of pyridine rings is 1. The number of carbonyl (C=O) groups is 1. The lowest BCUT2D eigenvalue weighted by Crippen LogP contribution is -2.55. The average Bonchev–Trinajstić information content (AvgIpc) is 3.50. The van der Waals surface area contributed by atoms with E-state index >= 15 is 0 Å². The molecular formula is C27H38N10O2. The van der Waals surface area contributed by atoms with Crippen LogP contribution in [-0.2, 0) is 16.1 Å². The van der Waals surface area contributed by atoms with Gasteiger partial charge >= 0.3 is 0 Å². The van der Waals surface area contributed by atoms with E-state index in [-0.39, 0.29) is 12.1 Å². The van der Waals surface area contributed by atoms with Crippen LogP contribution in [0.2, 0.25) is 0 Å². The smallest absolute Gasteiger partial charge is 0.252 e. The number of aromatic nitrogens is 5. The van der Waals surface area contributed by atoms with Gasteiger partial charge in [-0.3, -0.25) is 10.2 Å². The number of piperidine rings is 1. The number of hydrogen-bond acceptors (Lipinski definition) is 10. The van der Waals surface area contributed by atoms with Crippen molar-refractivity contribution in [3.8, 4) is 5.82 Å². The normalized spacial score (nSPS) is 20.7. The summed E-state index contributed by atoms with van der Waals surface area (Å²) in [5.41, 5.74) is 9.33. The lowest BCUT2D eigenvalue weighted by Gasteiger charge is -2.39. The van der Waals surface area contributed by atoms with Crippen LogP contribution in [0.3, 0.4) is 0 Å². The molecule has 0 spiro atoms. The third-order valence-corrected chi connectivity index (χ3v) is 7.41. The van der Waals surface area contributed by atoms with Gasteiger partial charge in [-0.15, -0.1) is 0 Å². The Balaban J connectivity index is 1.18. The van der Waals surface area contributed by atoms with Crippen molar-refractivity contribution in [2.45, 2.75) is 71.3 Å². The minimum absolute atomic E-state index is 0.110. The minimum atomic E-state index is -0.895. The van der Waals surface area contributed by atoms with E-state index in [1.165, 1.54) is 0 Å². The molecule has 0 aromatic carbocycles. The maximum atomic E-state index is 13.3. The van der Waals surface area contributed by atoms with Crippen LogP contribution >= 0.6 is 0 Å². The minimum Gasteiger partial charge on any atom is -0.368 e. The predicted molar refractivity (Wildman–Crippen MR) is 148 cm³/mol. The van der Waals surface area contributed by atoms with Crippen molar-refractivity contribution >= 4 is 17.7 Å². The Hall–Kier alpha value is -3.61. The SMILES string of the molecule is COC1(C(=O)NCc2ccc(-n3nc(C)cc3C)nc2)CCN(c2nc(C)cc(NC3CC(C)NN3)n2)CC1. The van der Waals surface area contributed by atoms with Gasteiger partial charge in [-0.25, -0.2) is 20.1 Å². The zero-order chi connectivity index (χ0) is 27.6. The third kappa shape index (κ3) is 6.02. The Kier molecular flexibility index (Phi) is 7.78. The average molecular weight is 535 g/mol. The molecule has 2 fully saturated rings. The summed E-state index contributed by atoms with van der Waals surface area (Å²) in [4.78, 5) is 29.4. The number of hydrazine groups is 1. The van der Waals surface area contributed by atoms with E-state index in [9.17, 15) is 4.79 Å². The number of carbonyl (C=O) groups excluding carboxylic acids is 1. The third-order valence-electron chi connectivity index (χ3n) is 7.41. The number of nitrogens with zero attached hydrogens (tertiary/aromatic N) is 6. The van der Waals surface area contributed by atoms with Crippen molar-refractivity contribution in [2.24, 2.45) is 0 Å². The predicted octanol–water partition coefficient (Wildman–Crippen LogP) is 1.91. The summed E-state index contributed by atoms with van der Waals surface area (Å²) in [6, 6.07) is 8.23. The van der Waals surface area contributed by atoms with Crippen molar-refractivity contribution in [3.05, 3.63) is 53.1 Å². The van der Waals surface area contributed by atoms with Gasteiger partial charge in [0.1, 0.15) is 11.4 Å². The number of nitrogens with one attached hydrogen (secondary N) is 4. The molecule has 2 saturated heterocycles. The Morgan fingerprint density at radius 3 is 2.54 bits per heavy atom. The number of rotatable bonds is 8. The second-order valence-corrected chi connectivity index (χ2v) is 10.5. The number of methoxy groups -OCH3 is 1. The Bertz CT molecular complexity index is 1300. The molecule has 0 bridgehead atoms. The van der Waals surface area contributed by atoms with Gasteiger partial charge in [0.15, 0.2) is 5.82 Å². The van der Waals surface area contributed by atoms with E-state index in [0.717, 1.165) is 40.7 Å². The highest BCUT2D eigenvalue weighted by Gasteiger charge is 2.42. The lowest BCUT2D eigenvalue weighted by molar-refractivity contribution is -0.146. The van der Waals surface area contributed by atoms with Gasteiger partial charge in [0, 0.05) is 69.3 Å². The first-order valence-corrected chi connectivity index (χ1v) is 13.4. The first kappa shape index (κ1) is 27.0. The molecule has 12 heteroatoms. The molecule has 208 valence electrons. The zero-order valence-corrected chi connectivity index (χ0v) is 23.3. The molecule has 0 saturated carbocycles. The Morgan fingerprint density at radius 2 is 1.92 bits per heavy atom. The molecule has 2 aliphatic heterocycles. The summed E-state index contributed by atoms with van der Waals surface area (Å²) >= 11 is 0. The second kappa shape index (κ2) is 11.2. The molecule has 12 nitrogen and oxygen atoms in total. The quantitative estimate of drug-likeness (QED) is 0.340. The summed E-state index contributed by atoms with van der Waals surface area (Å²) in [6.45, 7) is 9.66. The maximum absolute atomic E-state index is 13.3. The summed E-state index contributed by atoms with van der Waals surface area (Å²) in [6.07, 6.45) is 3.91. The van der Waals surface area contributed by atoms with Gasteiger partial charge in [-0.2, -0.15) is 10.1 Å². The van der Waals surface area contributed by atoms with Gasteiger partial charge < -0.3 is 20.3 Å². The fourth-order valence-corrected chi connectivity index (χ4v) is 5.20. The molecule has 0 radical (unpaired) electrons. The largest absolute Gasteiger partial charge is 0.368 e. The topological polar surface area (TPSA) is 134 Å². The number of ether oxygens (including phenoxy) is 1. The van der Waals surface area contributed by atoms with Crippen LogP contribution in [0.1, 0.15) is 48.8 Å². The monoisotopic (exact) mass is 534 g/mol. The highest BCUT2D eigenvalue weighted by molar-refractivity contribution is 5.85. The number of anilines is 2. The van der Waals surface area contributed by atoms with Crippen molar-refractivity contribution in [3.63, 3.8) is 0 Å². The summed E-state index contributed by atoms with van der Waals surface area (Å²) in [5, 5.41) is 11.0. The van der Waals surface area contributed by atoms with E-state index in [0.29, 0.717) is 44.5 Å². The Morgan fingerprint density at radius 1 is 1.13 bits per heavy atom. The first-order chi connectivity index (χ1) is 18.7. The van der Waals surface area contributed by atoms with Crippen LogP contribution in [-0.4, -0.2) is 68.6 Å². The summed E-state index contributed by atoms with van der Waals surface area (Å²) in [5.74, 6) is 2.08. The van der Waals surface area contributed by atoms with E-state index in [1.807, 2.05) is 49.7 Å². The molecule has 2 aliphatic rings. The Labute approximate surface area is 228 Å². The lowest BCUT2D eigenvalue weighted by atomic mass is 9.90. The maximum Gasteiger partial charge on any atom is 0.252 e. The van der Waals surface area contributed by atoms with Gasteiger partial charge in [0.25, 0.3) is 5.91 Å². The van der Waals surface area contributed by atoms with Gasteiger partial charge in [-0.05, 0) is 51.8 Å². The molecule has 5 rings (SSSR count). The molecule has 4 N–H and O–H groups in total. The number of amides is 1. The molecule has 39 heavy (non-hydrogen) atoms. The van der Waals surface area contributed by atoms with E-state index in [4.69, 9.17) is 9.72 Å². The van der Waals surface area contributed by atoms with Crippen molar-refractivity contribution in [1.82, 2.24) is 40.9 Å². The van der Waals surface area contributed by atoms with Crippen LogP contribution in [0.15, 0.2) is 30.5 Å². The molecule has 0 aliphatic carbocycles. The molecule has 2 atom stereocenters. The van der Waals surface area contributed by atoms with Crippen LogP contribution in [0.25, 0.3) is 5.82 Å². The van der Waals surface area contributed by atoms with Crippen LogP contribution in [0.4, 0.5) is 11.8 Å². The zero-order valence-electron chi connectivity index (χ0n) is 23.3. The molecule has 2 unspecified atom stereocenters. The number of aryl methyl sites for hydroxylation is 3. The van der Waals surface area contributed by atoms with Crippen LogP contribution < -0.4 is 26.4 Å². The number of hydrogen-bond donors (Lipinski definition) is 4. The van der Waals surface area contributed by atoms with E-state index in [1.54, 1.807) is 13.3 Å². The first-order valence-electron chi connectivity index (χ1n) is 13.4. The van der Waals surface area contributed by atoms with Crippen LogP contribution in [0.5, 0.6) is 0 Å². The van der Waals surface area contributed by atoms with Gasteiger partial charge in [0.2, 0.25) is 5.95 Å². The summed E-state index contributed by atoms with van der Waals surface area (Å²) in [7, 11) is 1.61. The van der Waals surface area contributed by atoms with E-state index < -0.39 is 5.60 Å². The van der Waals surface area contributed by atoms with Crippen molar-refractivity contribution < 1.29 is 9.53 Å². The fraction of sp³-hybridized carbons (Fsp3) is 0.519. The van der Waals surface area contributed by atoms with Crippen molar-refractivity contribution in [1.29, 1.82) is 0 Å². The second-order valence-electron chi connectivity index (χ2n) is 10.5. The van der Waals surface area contributed by atoms with Gasteiger partial charge in [0.05, 0.1) is 11.9 Å².